The number of nitro benzene ring substituents is 1. The molecule has 1 aliphatic rings. The van der Waals surface area contributed by atoms with Crippen LogP contribution in [0.15, 0.2) is 16.6 Å². The molecule has 1 heterocycles. The van der Waals surface area contributed by atoms with Crippen LogP contribution in [0.5, 0.6) is 0 Å². The van der Waals surface area contributed by atoms with Gasteiger partial charge in [-0.05, 0) is 54.6 Å². The van der Waals surface area contributed by atoms with Gasteiger partial charge in [-0.2, -0.15) is 0 Å². The van der Waals surface area contributed by atoms with E-state index in [1.807, 2.05) is 6.92 Å². The lowest BCUT2D eigenvalue weighted by Crippen LogP contribution is -2.38. The van der Waals surface area contributed by atoms with Crippen LogP contribution in [0.3, 0.4) is 0 Å². The molecule has 98 valence electrons. The van der Waals surface area contributed by atoms with E-state index < -0.39 is 0 Å². The van der Waals surface area contributed by atoms with Gasteiger partial charge in [0.15, 0.2) is 0 Å². The molecule has 0 radical (unpaired) electrons. The van der Waals surface area contributed by atoms with Gasteiger partial charge in [-0.3, -0.25) is 10.1 Å². The highest BCUT2D eigenvalue weighted by molar-refractivity contribution is 9.10. The standard InChI is InChI=1S/C13H17BrN2O2/c1-9-7-11(16(17)18)8-12(14)13(9)15-6-4-3-5-10(15)2/h7-8,10H,3-6H2,1-2H3/t10-/m1/s1. The fraction of sp³-hybridized carbons (Fsp3) is 0.538. The second-order valence-electron chi connectivity index (χ2n) is 4.89. The van der Waals surface area contributed by atoms with Gasteiger partial charge in [-0.25, -0.2) is 0 Å². The van der Waals surface area contributed by atoms with E-state index in [-0.39, 0.29) is 10.6 Å². The highest BCUT2D eigenvalue weighted by Gasteiger charge is 2.23. The molecule has 1 aromatic carbocycles. The summed E-state index contributed by atoms with van der Waals surface area (Å²) in [7, 11) is 0. The monoisotopic (exact) mass is 312 g/mol. The number of nitro groups is 1. The van der Waals surface area contributed by atoms with E-state index >= 15 is 0 Å². The smallest absolute Gasteiger partial charge is 0.270 e. The molecule has 5 heteroatoms. The molecule has 0 bridgehead atoms. The summed E-state index contributed by atoms with van der Waals surface area (Å²) in [6.45, 7) is 5.18. The lowest BCUT2D eigenvalue weighted by Gasteiger charge is -2.37. The minimum absolute atomic E-state index is 0.146. The Hall–Kier alpha value is -1.10. The van der Waals surface area contributed by atoms with E-state index in [4.69, 9.17) is 0 Å². The number of hydrogen-bond donors (Lipinski definition) is 0. The Labute approximate surface area is 115 Å². The number of non-ortho nitro benzene ring substituents is 1. The molecule has 1 fully saturated rings. The van der Waals surface area contributed by atoms with Crippen LogP contribution in [-0.2, 0) is 0 Å². The maximum absolute atomic E-state index is 10.8. The van der Waals surface area contributed by atoms with Crippen LogP contribution < -0.4 is 4.90 Å². The summed E-state index contributed by atoms with van der Waals surface area (Å²) in [4.78, 5) is 12.8. The first-order chi connectivity index (χ1) is 8.50. The lowest BCUT2D eigenvalue weighted by molar-refractivity contribution is -0.385. The first kappa shape index (κ1) is 13.3. The Morgan fingerprint density at radius 3 is 2.72 bits per heavy atom. The fourth-order valence-corrected chi connectivity index (χ4v) is 3.39. The summed E-state index contributed by atoms with van der Waals surface area (Å²) in [6, 6.07) is 3.75. The molecule has 2 rings (SSSR count). The van der Waals surface area contributed by atoms with Gasteiger partial charge < -0.3 is 4.90 Å². The zero-order valence-electron chi connectivity index (χ0n) is 10.6. The van der Waals surface area contributed by atoms with Gasteiger partial charge in [0.2, 0.25) is 0 Å². The molecule has 1 aromatic rings. The van der Waals surface area contributed by atoms with Crippen molar-refractivity contribution >= 4 is 27.3 Å². The highest BCUT2D eigenvalue weighted by Crippen LogP contribution is 2.37. The van der Waals surface area contributed by atoms with Gasteiger partial charge in [-0.1, -0.05) is 0 Å². The van der Waals surface area contributed by atoms with Crippen molar-refractivity contribution < 1.29 is 4.92 Å². The summed E-state index contributed by atoms with van der Waals surface area (Å²) in [5, 5.41) is 10.8. The second kappa shape index (κ2) is 5.26. The summed E-state index contributed by atoms with van der Waals surface area (Å²) < 4.78 is 0.822. The van der Waals surface area contributed by atoms with Crippen molar-refractivity contribution in [2.24, 2.45) is 0 Å². The Kier molecular flexibility index (Phi) is 3.90. The predicted molar refractivity (Wildman–Crippen MR) is 76.2 cm³/mol. The average molecular weight is 313 g/mol. The Balaban J connectivity index is 2.41. The number of nitrogens with zero attached hydrogens (tertiary/aromatic N) is 2. The Morgan fingerprint density at radius 2 is 2.17 bits per heavy atom. The molecule has 0 aromatic heterocycles. The molecule has 1 aliphatic heterocycles. The maximum atomic E-state index is 10.8. The number of piperidine rings is 1. The number of hydrogen-bond acceptors (Lipinski definition) is 3. The third-order valence-corrected chi connectivity index (χ3v) is 4.14. The van der Waals surface area contributed by atoms with E-state index in [0.717, 1.165) is 22.3 Å². The molecule has 0 amide bonds. The average Bonchev–Trinajstić information content (AvgIpc) is 2.30. The molecule has 0 saturated carbocycles. The number of halogens is 1. The zero-order valence-corrected chi connectivity index (χ0v) is 12.2. The van der Waals surface area contributed by atoms with E-state index in [2.05, 4.69) is 27.8 Å². The third kappa shape index (κ3) is 2.51. The summed E-state index contributed by atoms with van der Waals surface area (Å²) in [5.74, 6) is 0. The fourth-order valence-electron chi connectivity index (χ4n) is 2.62. The van der Waals surface area contributed by atoms with Crippen molar-refractivity contribution in [1.29, 1.82) is 0 Å². The van der Waals surface area contributed by atoms with Crippen LogP contribution in [0.4, 0.5) is 11.4 Å². The largest absolute Gasteiger partial charge is 0.368 e. The van der Waals surface area contributed by atoms with Crippen molar-refractivity contribution in [3.8, 4) is 0 Å². The Bertz CT molecular complexity index is 453. The molecule has 0 unspecified atom stereocenters. The molecule has 4 nitrogen and oxygen atoms in total. The third-order valence-electron chi connectivity index (χ3n) is 3.54. The summed E-state index contributed by atoms with van der Waals surface area (Å²) >= 11 is 3.48. The zero-order chi connectivity index (χ0) is 13.3. The summed E-state index contributed by atoms with van der Waals surface area (Å²) in [6.07, 6.45) is 3.64. The van der Waals surface area contributed by atoms with Crippen LogP contribution in [0.1, 0.15) is 31.7 Å². The predicted octanol–water partition coefficient (Wildman–Crippen LogP) is 4.04. The molecule has 1 atom stereocenters. The van der Waals surface area contributed by atoms with Crippen molar-refractivity contribution in [2.75, 3.05) is 11.4 Å². The number of benzene rings is 1. The Morgan fingerprint density at radius 1 is 1.44 bits per heavy atom. The van der Waals surface area contributed by atoms with Crippen molar-refractivity contribution in [3.63, 3.8) is 0 Å². The van der Waals surface area contributed by atoms with Crippen LogP contribution in [0, 0.1) is 17.0 Å². The molecular formula is C13H17BrN2O2. The number of anilines is 1. The SMILES string of the molecule is Cc1cc([N+](=O)[O-])cc(Br)c1N1CCCC[C@H]1C. The molecule has 0 aliphatic carbocycles. The minimum Gasteiger partial charge on any atom is -0.368 e. The van der Waals surface area contributed by atoms with E-state index in [1.165, 1.54) is 19.3 Å². The van der Waals surface area contributed by atoms with Gasteiger partial charge in [-0.15, -0.1) is 0 Å². The molecule has 0 spiro atoms. The summed E-state index contributed by atoms with van der Waals surface area (Å²) in [5.41, 5.74) is 2.21. The van der Waals surface area contributed by atoms with Crippen LogP contribution in [0.2, 0.25) is 0 Å². The van der Waals surface area contributed by atoms with Gasteiger partial charge >= 0.3 is 0 Å². The van der Waals surface area contributed by atoms with Crippen LogP contribution >= 0.6 is 15.9 Å². The molecule has 0 N–H and O–H groups in total. The normalized spacial score (nSPS) is 19.9. The molecule has 18 heavy (non-hydrogen) atoms. The molecular weight excluding hydrogens is 296 g/mol. The highest BCUT2D eigenvalue weighted by atomic mass is 79.9. The van der Waals surface area contributed by atoms with Gasteiger partial charge in [0, 0.05) is 29.2 Å². The first-order valence-electron chi connectivity index (χ1n) is 6.22. The van der Waals surface area contributed by atoms with Crippen LogP contribution in [-0.4, -0.2) is 17.5 Å². The van der Waals surface area contributed by atoms with Crippen molar-refractivity contribution in [1.82, 2.24) is 0 Å². The van der Waals surface area contributed by atoms with E-state index in [9.17, 15) is 10.1 Å². The van der Waals surface area contributed by atoms with Crippen molar-refractivity contribution in [2.45, 2.75) is 39.2 Å². The van der Waals surface area contributed by atoms with Gasteiger partial charge in [0.25, 0.3) is 5.69 Å². The maximum Gasteiger partial charge on any atom is 0.270 e. The topological polar surface area (TPSA) is 46.4 Å². The van der Waals surface area contributed by atoms with E-state index in [1.54, 1.807) is 12.1 Å². The first-order valence-corrected chi connectivity index (χ1v) is 7.01. The quantitative estimate of drug-likeness (QED) is 0.611. The molecule has 1 saturated heterocycles. The minimum atomic E-state index is -0.346. The van der Waals surface area contributed by atoms with Crippen LogP contribution in [0.25, 0.3) is 0 Å². The van der Waals surface area contributed by atoms with E-state index in [0.29, 0.717) is 6.04 Å². The van der Waals surface area contributed by atoms with Gasteiger partial charge in [0.05, 0.1) is 10.6 Å². The van der Waals surface area contributed by atoms with Gasteiger partial charge in [0.1, 0.15) is 0 Å². The number of rotatable bonds is 2. The second-order valence-corrected chi connectivity index (χ2v) is 5.74. The lowest BCUT2D eigenvalue weighted by atomic mass is 10.0. The van der Waals surface area contributed by atoms with Crippen molar-refractivity contribution in [3.05, 3.63) is 32.3 Å². The number of aryl methyl sites for hydroxylation is 1.